The SMILES string of the molecule is O=S([O-])c1cc(Br)c(O)c(Br)c1. The first-order chi connectivity index (χ1) is 5.52. The summed E-state index contributed by atoms with van der Waals surface area (Å²) in [6.07, 6.45) is 0. The molecule has 1 rings (SSSR count). The Bertz CT molecular complexity index is 317. The van der Waals surface area contributed by atoms with Gasteiger partial charge < -0.3 is 9.66 Å². The average molecular weight is 315 g/mol. The molecule has 0 heterocycles. The molecule has 0 aliphatic heterocycles. The summed E-state index contributed by atoms with van der Waals surface area (Å²) in [7, 11) is 0. The minimum atomic E-state index is -2.28. The predicted molar refractivity (Wildman–Crippen MR) is 50.7 cm³/mol. The minimum Gasteiger partial charge on any atom is -0.768 e. The third kappa shape index (κ3) is 2.07. The molecule has 12 heavy (non-hydrogen) atoms. The summed E-state index contributed by atoms with van der Waals surface area (Å²) >= 11 is 3.74. The molecule has 0 aromatic heterocycles. The van der Waals surface area contributed by atoms with Crippen molar-refractivity contribution in [2.24, 2.45) is 0 Å². The zero-order valence-electron chi connectivity index (χ0n) is 5.58. The highest BCUT2D eigenvalue weighted by Gasteiger charge is 2.05. The third-order valence-electron chi connectivity index (χ3n) is 1.18. The van der Waals surface area contributed by atoms with Crippen molar-refractivity contribution in [1.29, 1.82) is 0 Å². The van der Waals surface area contributed by atoms with E-state index in [1.165, 1.54) is 12.1 Å². The number of phenols is 1. The van der Waals surface area contributed by atoms with Gasteiger partial charge in [0, 0.05) is 4.90 Å². The van der Waals surface area contributed by atoms with Crippen LogP contribution in [0.15, 0.2) is 26.0 Å². The molecular weight excluding hydrogens is 312 g/mol. The first-order valence-corrected chi connectivity index (χ1v) is 5.45. The molecule has 0 aliphatic carbocycles. The molecule has 0 aliphatic rings. The Balaban J connectivity index is 3.31. The van der Waals surface area contributed by atoms with Crippen LogP contribution in [0.1, 0.15) is 0 Å². The number of rotatable bonds is 1. The highest BCUT2D eigenvalue weighted by molar-refractivity contribution is 9.11. The highest BCUT2D eigenvalue weighted by Crippen LogP contribution is 2.33. The normalized spacial score (nSPS) is 12.9. The van der Waals surface area contributed by atoms with Crippen molar-refractivity contribution >= 4 is 42.9 Å². The van der Waals surface area contributed by atoms with Gasteiger partial charge >= 0.3 is 0 Å². The molecular formula is C6H3Br2O3S-. The Morgan fingerprint density at radius 3 is 2.08 bits per heavy atom. The van der Waals surface area contributed by atoms with Crippen molar-refractivity contribution in [3.63, 3.8) is 0 Å². The molecule has 0 saturated heterocycles. The molecule has 6 heteroatoms. The second-order valence-corrected chi connectivity index (χ2v) is 4.62. The molecule has 1 aromatic carbocycles. The number of benzene rings is 1. The van der Waals surface area contributed by atoms with Gasteiger partial charge in [0.25, 0.3) is 0 Å². The number of phenolic OH excluding ortho intramolecular Hbond substituents is 1. The summed E-state index contributed by atoms with van der Waals surface area (Å²) in [6.45, 7) is 0. The lowest BCUT2D eigenvalue weighted by atomic mass is 10.3. The Morgan fingerprint density at radius 1 is 1.33 bits per heavy atom. The molecule has 0 fully saturated rings. The summed E-state index contributed by atoms with van der Waals surface area (Å²) in [5.41, 5.74) is 0. The van der Waals surface area contributed by atoms with E-state index >= 15 is 0 Å². The van der Waals surface area contributed by atoms with Crippen LogP contribution >= 0.6 is 31.9 Å². The van der Waals surface area contributed by atoms with Gasteiger partial charge in [0.15, 0.2) is 0 Å². The molecule has 0 spiro atoms. The molecule has 1 N–H and O–H groups in total. The number of hydrogen-bond acceptors (Lipinski definition) is 3. The molecule has 1 unspecified atom stereocenters. The van der Waals surface area contributed by atoms with E-state index in [-0.39, 0.29) is 10.6 Å². The highest BCUT2D eigenvalue weighted by atomic mass is 79.9. The van der Waals surface area contributed by atoms with Crippen LogP contribution in [0.3, 0.4) is 0 Å². The second-order valence-electron chi connectivity index (χ2n) is 1.97. The van der Waals surface area contributed by atoms with Crippen molar-refractivity contribution in [3.8, 4) is 5.75 Å². The topological polar surface area (TPSA) is 60.4 Å². The standard InChI is InChI=1S/C6H4Br2O3S/c7-4-1-3(12(10)11)2-5(8)6(4)9/h1-2,9H,(H,10,11)/p-1. The van der Waals surface area contributed by atoms with E-state index in [2.05, 4.69) is 31.9 Å². The Labute approximate surface area is 88.3 Å². The molecule has 1 aromatic rings. The Hall–Kier alpha value is 0.0900. The van der Waals surface area contributed by atoms with Crippen LogP contribution in [0.4, 0.5) is 0 Å². The Morgan fingerprint density at radius 2 is 1.75 bits per heavy atom. The van der Waals surface area contributed by atoms with Crippen LogP contribution in [-0.4, -0.2) is 13.9 Å². The van der Waals surface area contributed by atoms with Gasteiger partial charge in [0.05, 0.1) is 8.95 Å². The lowest BCUT2D eigenvalue weighted by Gasteiger charge is -2.07. The molecule has 3 nitrogen and oxygen atoms in total. The number of hydrogen-bond donors (Lipinski definition) is 1. The van der Waals surface area contributed by atoms with E-state index in [4.69, 9.17) is 0 Å². The lowest BCUT2D eigenvalue weighted by Crippen LogP contribution is -1.88. The van der Waals surface area contributed by atoms with Gasteiger partial charge in [-0.25, -0.2) is 0 Å². The van der Waals surface area contributed by atoms with Gasteiger partial charge in [0.2, 0.25) is 0 Å². The maximum Gasteiger partial charge on any atom is 0.144 e. The van der Waals surface area contributed by atoms with Crippen molar-refractivity contribution < 1.29 is 13.9 Å². The predicted octanol–water partition coefficient (Wildman–Crippen LogP) is 2.16. The molecule has 1 atom stereocenters. The van der Waals surface area contributed by atoms with Crippen LogP contribution in [0.2, 0.25) is 0 Å². The first-order valence-electron chi connectivity index (χ1n) is 2.79. The second kappa shape index (κ2) is 3.87. The van der Waals surface area contributed by atoms with E-state index in [1.807, 2.05) is 0 Å². The van der Waals surface area contributed by atoms with Gasteiger partial charge in [-0.1, -0.05) is 0 Å². The maximum atomic E-state index is 10.5. The van der Waals surface area contributed by atoms with Gasteiger partial charge in [-0.3, -0.25) is 4.21 Å². The fraction of sp³-hybridized carbons (Fsp3) is 0. The quantitative estimate of drug-likeness (QED) is 0.808. The molecule has 0 amide bonds. The van der Waals surface area contributed by atoms with Crippen molar-refractivity contribution in [2.75, 3.05) is 0 Å². The largest absolute Gasteiger partial charge is 0.768 e. The van der Waals surface area contributed by atoms with Gasteiger partial charge in [-0.05, 0) is 55.1 Å². The van der Waals surface area contributed by atoms with E-state index in [0.29, 0.717) is 8.95 Å². The summed E-state index contributed by atoms with van der Waals surface area (Å²) in [4.78, 5) is 0.117. The summed E-state index contributed by atoms with van der Waals surface area (Å²) in [5.74, 6) is -0.01000. The fourth-order valence-electron chi connectivity index (χ4n) is 0.638. The van der Waals surface area contributed by atoms with E-state index in [1.54, 1.807) is 0 Å². The maximum absolute atomic E-state index is 10.5. The van der Waals surface area contributed by atoms with Crippen molar-refractivity contribution in [3.05, 3.63) is 21.1 Å². The van der Waals surface area contributed by atoms with E-state index in [0.717, 1.165) is 0 Å². The van der Waals surface area contributed by atoms with Crippen LogP contribution < -0.4 is 0 Å². The number of aromatic hydroxyl groups is 1. The number of halogens is 2. The van der Waals surface area contributed by atoms with Crippen molar-refractivity contribution in [2.45, 2.75) is 4.90 Å². The lowest BCUT2D eigenvalue weighted by molar-refractivity contribution is 0.467. The fourth-order valence-corrected chi connectivity index (χ4v) is 2.56. The smallest absolute Gasteiger partial charge is 0.144 e. The average Bonchev–Trinajstić information content (AvgIpc) is 1.99. The first kappa shape index (κ1) is 10.2. The van der Waals surface area contributed by atoms with Crippen LogP contribution in [0.25, 0.3) is 0 Å². The summed E-state index contributed by atoms with van der Waals surface area (Å²) < 4.78 is 21.7. The third-order valence-corrected chi connectivity index (χ3v) is 3.01. The van der Waals surface area contributed by atoms with E-state index in [9.17, 15) is 13.9 Å². The molecule has 0 saturated carbocycles. The summed E-state index contributed by atoms with van der Waals surface area (Å²) in [5, 5.41) is 9.22. The van der Waals surface area contributed by atoms with Gasteiger partial charge in [0.1, 0.15) is 5.75 Å². The summed E-state index contributed by atoms with van der Waals surface area (Å²) in [6, 6.07) is 2.65. The minimum absolute atomic E-state index is 0.01000. The van der Waals surface area contributed by atoms with Gasteiger partial charge in [-0.2, -0.15) is 0 Å². The van der Waals surface area contributed by atoms with Gasteiger partial charge in [-0.15, -0.1) is 0 Å². The van der Waals surface area contributed by atoms with Crippen LogP contribution in [0, 0.1) is 0 Å². The monoisotopic (exact) mass is 313 g/mol. The van der Waals surface area contributed by atoms with Crippen LogP contribution in [-0.2, 0) is 11.1 Å². The zero-order valence-corrected chi connectivity index (χ0v) is 9.57. The molecule has 0 radical (unpaired) electrons. The Kier molecular flexibility index (Phi) is 3.28. The van der Waals surface area contributed by atoms with Crippen LogP contribution in [0.5, 0.6) is 5.75 Å². The molecule has 66 valence electrons. The molecule has 0 bridgehead atoms. The zero-order chi connectivity index (χ0) is 9.30. The van der Waals surface area contributed by atoms with E-state index < -0.39 is 11.1 Å². The van der Waals surface area contributed by atoms with Crippen molar-refractivity contribution in [1.82, 2.24) is 0 Å².